The Kier molecular flexibility index (Phi) is 3.84. The highest BCUT2D eigenvalue weighted by Crippen LogP contribution is 2.18. The van der Waals surface area contributed by atoms with E-state index in [2.05, 4.69) is 30.6 Å². The van der Waals surface area contributed by atoms with Crippen molar-refractivity contribution in [2.45, 2.75) is 18.0 Å². The maximum atomic E-state index is 12.0. The zero-order valence-electron chi connectivity index (χ0n) is 9.59. The minimum Gasteiger partial charge on any atom is -0.335 e. The van der Waals surface area contributed by atoms with Crippen LogP contribution in [0.5, 0.6) is 0 Å². The van der Waals surface area contributed by atoms with Gasteiger partial charge in [-0.3, -0.25) is 0 Å². The lowest BCUT2D eigenvalue weighted by Gasteiger charge is -2.13. The average Bonchev–Trinajstić information content (AvgIpc) is 2.83. The third kappa shape index (κ3) is 2.98. The lowest BCUT2D eigenvalue weighted by Crippen LogP contribution is -2.27. The van der Waals surface area contributed by atoms with E-state index in [4.69, 9.17) is 0 Å². The fourth-order valence-corrected chi connectivity index (χ4v) is 2.91. The Balaban J connectivity index is 2.17. The molecule has 18 heavy (non-hydrogen) atoms. The third-order valence-corrected chi connectivity index (χ3v) is 4.46. The van der Waals surface area contributed by atoms with Crippen LogP contribution < -0.4 is 4.72 Å². The second-order valence-corrected chi connectivity index (χ2v) is 6.41. The standard InChI is InChI=1S/C11H12BrN3O2S/c1-8(9-2-4-10(12)5-3-9)15-18(16,17)11-6-13-7-14-11/h2-8,15H,1H3,(H,13,14)/t8-/m1/s1. The van der Waals surface area contributed by atoms with Crippen LogP contribution in [0.25, 0.3) is 0 Å². The molecule has 0 radical (unpaired) electrons. The van der Waals surface area contributed by atoms with Gasteiger partial charge in [-0.15, -0.1) is 0 Å². The van der Waals surface area contributed by atoms with Gasteiger partial charge in [-0.2, -0.15) is 0 Å². The molecule has 0 saturated carbocycles. The number of H-pyrrole nitrogens is 1. The lowest BCUT2D eigenvalue weighted by molar-refractivity contribution is 0.564. The first-order chi connectivity index (χ1) is 8.49. The normalized spacial score (nSPS) is 13.4. The molecule has 0 amide bonds. The number of nitrogens with one attached hydrogen (secondary N) is 2. The van der Waals surface area contributed by atoms with E-state index in [-0.39, 0.29) is 11.1 Å². The Bertz CT molecular complexity index is 608. The van der Waals surface area contributed by atoms with Crippen LogP contribution >= 0.6 is 15.9 Å². The summed E-state index contributed by atoms with van der Waals surface area (Å²) in [6.07, 6.45) is 2.61. The summed E-state index contributed by atoms with van der Waals surface area (Å²) in [5.74, 6) is 0. The van der Waals surface area contributed by atoms with Crippen molar-refractivity contribution in [2.75, 3.05) is 0 Å². The van der Waals surface area contributed by atoms with Gasteiger partial charge in [-0.25, -0.2) is 18.1 Å². The van der Waals surface area contributed by atoms with Crippen LogP contribution in [0, 0.1) is 0 Å². The van der Waals surface area contributed by atoms with Gasteiger partial charge in [-0.05, 0) is 24.6 Å². The number of nitrogens with zero attached hydrogens (tertiary/aromatic N) is 1. The molecule has 0 unspecified atom stereocenters. The first-order valence-corrected chi connectivity index (χ1v) is 7.53. The van der Waals surface area contributed by atoms with E-state index in [0.717, 1.165) is 10.0 Å². The van der Waals surface area contributed by atoms with Crippen LogP contribution in [0.2, 0.25) is 0 Å². The zero-order valence-corrected chi connectivity index (χ0v) is 12.0. The summed E-state index contributed by atoms with van der Waals surface area (Å²) in [5, 5.41) is 0.0615. The molecule has 1 atom stereocenters. The van der Waals surface area contributed by atoms with E-state index in [9.17, 15) is 8.42 Å². The molecule has 0 saturated heterocycles. The topological polar surface area (TPSA) is 74.8 Å². The van der Waals surface area contributed by atoms with Gasteiger partial charge in [0.05, 0.1) is 12.5 Å². The second kappa shape index (κ2) is 5.21. The monoisotopic (exact) mass is 329 g/mol. The molecule has 1 aromatic heterocycles. The first-order valence-electron chi connectivity index (χ1n) is 5.25. The Morgan fingerprint density at radius 2 is 2.00 bits per heavy atom. The summed E-state index contributed by atoms with van der Waals surface area (Å²) >= 11 is 3.34. The summed E-state index contributed by atoms with van der Waals surface area (Å²) in [4.78, 5) is 6.27. The van der Waals surface area contributed by atoms with Gasteiger partial charge < -0.3 is 4.98 Å². The number of aromatic nitrogens is 2. The number of imidazole rings is 1. The summed E-state index contributed by atoms with van der Waals surface area (Å²) in [7, 11) is -3.55. The van der Waals surface area contributed by atoms with Crippen molar-refractivity contribution in [1.82, 2.24) is 14.7 Å². The van der Waals surface area contributed by atoms with Crippen molar-refractivity contribution in [3.63, 3.8) is 0 Å². The molecule has 7 heteroatoms. The Hall–Kier alpha value is -1.18. The van der Waals surface area contributed by atoms with Crippen LogP contribution in [-0.4, -0.2) is 18.4 Å². The average molecular weight is 330 g/mol. The molecule has 0 fully saturated rings. The minimum absolute atomic E-state index is 0.0615. The van der Waals surface area contributed by atoms with Gasteiger partial charge in [0.25, 0.3) is 10.0 Å². The van der Waals surface area contributed by atoms with Crippen molar-refractivity contribution in [2.24, 2.45) is 0 Å². The predicted octanol–water partition coefficient (Wildman–Crippen LogP) is 2.21. The van der Waals surface area contributed by atoms with E-state index in [0.29, 0.717) is 0 Å². The quantitative estimate of drug-likeness (QED) is 0.903. The van der Waals surface area contributed by atoms with Gasteiger partial charge in [0, 0.05) is 10.5 Å². The number of aromatic amines is 1. The molecule has 2 rings (SSSR count). The van der Waals surface area contributed by atoms with Gasteiger partial charge >= 0.3 is 0 Å². The maximum absolute atomic E-state index is 12.0. The fourth-order valence-electron chi connectivity index (χ4n) is 1.51. The number of sulfonamides is 1. The number of hydrogen-bond donors (Lipinski definition) is 2. The molecule has 0 bridgehead atoms. The second-order valence-electron chi connectivity index (χ2n) is 3.81. The fraction of sp³-hybridized carbons (Fsp3) is 0.182. The van der Waals surface area contributed by atoms with Crippen molar-refractivity contribution in [3.05, 3.63) is 46.8 Å². The van der Waals surface area contributed by atoms with E-state index < -0.39 is 10.0 Å². The SMILES string of the molecule is C[C@@H](NS(=O)(=O)c1cnc[nH]1)c1ccc(Br)cc1. The molecule has 0 aliphatic heterocycles. The smallest absolute Gasteiger partial charge is 0.258 e. The maximum Gasteiger partial charge on any atom is 0.258 e. The van der Waals surface area contributed by atoms with Crippen molar-refractivity contribution in [1.29, 1.82) is 0 Å². The van der Waals surface area contributed by atoms with Gasteiger partial charge in [0.15, 0.2) is 5.03 Å². The first kappa shape index (κ1) is 13.3. The number of rotatable bonds is 4. The molecular formula is C11H12BrN3O2S. The Labute approximate surface area is 114 Å². The van der Waals surface area contributed by atoms with Crippen molar-refractivity contribution in [3.8, 4) is 0 Å². The van der Waals surface area contributed by atoms with E-state index in [1.165, 1.54) is 12.5 Å². The summed E-state index contributed by atoms with van der Waals surface area (Å²) < 4.78 is 27.4. The van der Waals surface area contributed by atoms with Crippen LogP contribution in [-0.2, 0) is 10.0 Å². The van der Waals surface area contributed by atoms with Gasteiger partial charge in [0.1, 0.15) is 0 Å². The molecule has 1 aromatic carbocycles. The molecule has 5 nitrogen and oxygen atoms in total. The number of benzene rings is 1. The summed E-state index contributed by atoms with van der Waals surface area (Å²) in [6, 6.07) is 7.16. The Morgan fingerprint density at radius 3 is 2.56 bits per heavy atom. The summed E-state index contributed by atoms with van der Waals surface area (Å²) in [6.45, 7) is 1.79. The Morgan fingerprint density at radius 1 is 1.33 bits per heavy atom. The van der Waals surface area contributed by atoms with Crippen LogP contribution in [0.3, 0.4) is 0 Å². The highest BCUT2D eigenvalue weighted by Gasteiger charge is 2.19. The van der Waals surface area contributed by atoms with Crippen LogP contribution in [0.1, 0.15) is 18.5 Å². The van der Waals surface area contributed by atoms with Crippen LogP contribution in [0.4, 0.5) is 0 Å². The van der Waals surface area contributed by atoms with Gasteiger partial charge in [-0.1, -0.05) is 28.1 Å². The van der Waals surface area contributed by atoms with E-state index in [1.807, 2.05) is 24.3 Å². The molecule has 0 aliphatic carbocycles. The van der Waals surface area contributed by atoms with Gasteiger partial charge in [0.2, 0.25) is 0 Å². The van der Waals surface area contributed by atoms with Crippen LogP contribution in [0.15, 0.2) is 46.3 Å². The largest absolute Gasteiger partial charge is 0.335 e. The zero-order chi connectivity index (χ0) is 13.2. The third-order valence-electron chi connectivity index (χ3n) is 2.46. The minimum atomic E-state index is -3.55. The predicted molar refractivity (Wildman–Crippen MR) is 71.5 cm³/mol. The molecule has 0 spiro atoms. The number of halogens is 1. The molecule has 0 aliphatic rings. The van der Waals surface area contributed by atoms with Crippen molar-refractivity contribution < 1.29 is 8.42 Å². The molecule has 2 N–H and O–H groups in total. The van der Waals surface area contributed by atoms with E-state index >= 15 is 0 Å². The highest BCUT2D eigenvalue weighted by molar-refractivity contribution is 9.10. The molecular weight excluding hydrogens is 318 g/mol. The molecule has 96 valence electrons. The number of hydrogen-bond acceptors (Lipinski definition) is 3. The summed E-state index contributed by atoms with van der Waals surface area (Å²) in [5.41, 5.74) is 0.890. The molecule has 2 aromatic rings. The van der Waals surface area contributed by atoms with E-state index in [1.54, 1.807) is 6.92 Å². The molecule has 1 heterocycles. The lowest BCUT2D eigenvalue weighted by atomic mass is 10.1. The highest BCUT2D eigenvalue weighted by atomic mass is 79.9. The van der Waals surface area contributed by atoms with Crippen molar-refractivity contribution >= 4 is 26.0 Å².